The van der Waals surface area contributed by atoms with E-state index in [1.807, 2.05) is 0 Å². The van der Waals surface area contributed by atoms with E-state index < -0.39 is 5.97 Å². The van der Waals surface area contributed by atoms with Crippen LogP contribution in [0.15, 0.2) is 30.9 Å². The number of ketones is 1. The number of aromatic carboxylic acids is 1. The molecule has 0 aromatic heterocycles. The molecule has 1 N–H and O–H groups in total. The Morgan fingerprint density at radius 1 is 1.41 bits per heavy atom. The second kappa shape index (κ2) is 5.84. The van der Waals surface area contributed by atoms with Gasteiger partial charge in [-0.15, -0.1) is 0 Å². The Hall–Kier alpha value is -2.10. The molecule has 90 valence electrons. The number of hydrogen-bond donors (Lipinski definition) is 1. The van der Waals surface area contributed by atoms with Crippen molar-refractivity contribution in [2.75, 3.05) is 6.61 Å². The molecule has 1 aromatic rings. The van der Waals surface area contributed by atoms with Crippen LogP contribution in [0.3, 0.4) is 0 Å². The number of rotatable bonds is 6. The smallest absolute Gasteiger partial charge is 0.335 e. The first-order valence-electron chi connectivity index (χ1n) is 5.13. The summed E-state index contributed by atoms with van der Waals surface area (Å²) >= 11 is 0. The lowest BCUT2D eigenvalue weighted by atomic mass is 10.1. The summed E-state index contributed by atoms with van der Waals surface area (Å²) in [6.07, 6.45) is 1.77. The number of carbonyl (C=O) groups is 2. The summed E-state index contributed by atoms with van der Waals surface area (Å²) in [5, 5.41) is 8.93. The summed E-state index contributed by atoms with van der Waals surface area (Å²) in [5.74, 6) is -0.637. The van der Waals surface area contributed by atoms with Crippen LogP contribution in [-0.4, -0.2) is 23.5 Å². The van der Waals surface area contributed by atoms with Gasteiger partial charge in [-0.2, -0.15) is 0 Å². The lowest BCUT2D eigenvalue weighted by Crippen LogP contribution is -2.03. The lowest BCUT2D eigenvalue weighted by molar-refractivity contribution is -0.116. The van der Waals surface area contributed by atoms with Crippen LogP contribution >= 0.6 is 0 Å². The van der Waals surface area contributed by atoms with Crippen molar-refractivity contribution in [3.63, 3.8) is 0 Å². The van der Waals surface area contributed by atoms with Crippen molar-refractivity contribution in [1.29, 1.82) is 0 Å². The van der Waals surface area contributed by atoms with E-state index in [4.69, 9.17) is 9.84 Å². The van der Waals surface area contributed by atoms with Gasteiger partial charge in [0.1, 0.15) is 18.1 Å². The highest BCUT2D eigenvalue weighted by atomic mass is 16.5. The van der Waals surface area contributed by atoms with Crippen LogP contribution in [-0.2, 0) is 11.2 Å². The van der Waals surface area contributed by atoms with Gasteiger partial charge in [-0.1, -0.05) is 12.7 Å². The van der Waals surface area contributed by atoms with Gasteiger partial charge in [-0.3, -0.25) is 4.79 Å². The molecule has 4 heteroatoms. The zero-order valence-corrected chi connectivity index (χ0v) is 9.60. The summed E-state index contributed by atoms with van der Waals surface area (Å²) in [4.78, 5) is 21.9. The third-order valence-electron chi connectivity index (χ3n) is 2.03. The molecule has 0 saturated carbocycles. The summed E-state index contributed by atoms with van der Waals surface area (Å²) in [7, 11) is 0. The average molecular weight is 234 g/mol. The molecule has 4 nitrogen and oxygen atoms in total. The topological polar surface area (TPSA) is 63.6 Å². The highest BCUT2D eigenvalue weighted by molar-refractivity contribution is 5.89. The predicted octanol–water partition coefficient (Wildman–Crippen LogP) is 2.08. The van der Waals surface area contributed by atoms with Crippen molar-refractivity contribution in [2.45, 2.75) is 13.3 Å². The Labute approximate surface area is 99.5 Å². The molecular formula is C13H14O4. The fourth-order valence-electron chi connectivity index (χ4n) is 1.41. The Bertz CT molecular complexity index is 449. The largest absolute Gasteiger partial charge is 0.490 e. The number of carboxylic acids is 1. The molecule has 0 heterocycles. The molecule has 0 saturated heterocycles. The fraction of sp³-hybridized carbons (Fsp3) is 0.231. The SMILES string of the molecule is C=CCOc1cc(CC(C)=O)cc(C(=O)O)c1. The fourth-order valence-corrected chi connectivity index (χ4v) is 1.41. The second-order valence-electron chi connectivity index (χ2n) is 3.65. The van der Waals surface area contributed by atoms with Gasteiger partial charge in [-0.25, -0.2) is 4.79 Å². The molecule has 1 aromatic carbocycles. The third kappa shape index (κ3) is 4.10. The van der Waals surface area contributed by atoms with Crippen LogP contribution in [0.5, 0.6) is 5.75 Å². The minimum absolute atomic E-state index is 0.0257. The van der Waals surface area contributed by atoms with Crippen molar-refractivity contribution >= 4 is 11.8 Å². The zero-order chi connectivity index (χ0) is 12.8. The maximum atomic E-state index is 11.0. The molecule has 0 spiro atoms. The second-order valence-corrected chi connectivity index (χ2v) is 3.65. The van der Waals surface area contributed by atoms with E-state index >= 15 is 0 Å². The van der Waals surface area contributed by atoms with E-state index in [9.17, 15) is 9.59 Å². The van der Waals surface area contributed by atoms with Gasteiger partial charge in [0.2, 0.25) is 0 Å². The van der Waals surface area contributed by atoms with E-state index in [2.05, 4.69) is 6.58 Å². The number of carboxylic acid groups (broad SMARTS) is 1. The third-order valence-corrected chi connectivity index (χ3v) is 2.03. The maximum absolute atomic E-state index is 11.0. The van der Waals surface area contributed by atoms with Crippen molar-refractivity contribution in [3.05, 3.63) is 42.0 Å². The van der Waals surface area contributed by atoms with Gasteiger partial charge in [0, 0.05) is 6.42 Å². The van der Waals surface area contributed by atoms with Crippen LogP contribution in [0.2, 0.25) is 0 Å². The lowest BCUT2D eigenvalue weighted by Gasteiger charge is -2.07. The molecule has 0 fully saturated rings. The van der Waals surface area contributed by atoms with E-state index in [0.29, 0.717) is 17.9 Å². The zero-order valence-electron chi connectivity index (χ0n) is 9.60. The van der Waals surface area contributed by atoms with E-state index in [1.54, 1.807) is 12.1 Å². The molecule has 0 aliphatic carbocycles. The molecule has 0 aliphatic heterocycles. The molecule has 1 rings (SSSR count). The Morgan fingerprint density at radius 2 is 2.12 bits per heavy atom. The average Bonchev–Trinajstić information content (AvgIpc) is 2.25. The first-order chi connectivity index (χ1) is 8.02. The van der Waals surface area contributed by atoms with Crippen molar-refractivity contribution < 1.29 is 19.4 Å². The molecular weight excluding hydrogens is 220 g/mol. The first-order valence-corrected chi connectivity index (χ1v) is 5.13. The molecule has 0 amide bonds. The monoisotopic (exact) mass is 234 g/mol. The highest BCUT2D eigenvalue weighted by Gasteiger charge is 2.09. The number of ether oxygens (including phenoxy) is 1. The number of carbonyl (C=O) groups excluding carboxylic acids is 1. The summed E-state index contributed by atoms with van der Waals surface area (Å²) < 4.78 is 5.28. The van der Waals surface area contributed by atoms with E-state index in [-0.39, 0.29) is 17.8 Å². The van der Waals surface area contributed by atoms with Crippen molar-refractivity contribution in [2.24, 2.45) is 0 Å². The van der Waals surface area contributed by atoms with Gasteiger partial charge in [-0.05, 0) is 30.7 Å². The number of hydrogen-bond acceptors (Lipinski definition) is 3. The summed E-state index contributed by atoms with van der Waals surface area (Å²) in [5.41, 5.74) is 0.749. The normalized spacial score (nSPS) is 9.71. The van der Waals surface area contributed by atoms with Crippen LogP contribution in [0.1, 0.15) is 22.8 Å². The molecule has 0 unspecified atom stereocenters. The van der Waals surface area contributed by atoms with E-state index in [0.717, 1.165) is 0 Å². The van der Waals surface area contributed by atoms with Crippen LogP contribution < -0.4 is 4.74 Å². The Kier molecular flexibility index (Phi) is 4.46. The van der Waals surface area contributed by atoms with Gasteiger partial charge in [0.15, 0.2) is 0 Å². The first kappa shape index (κ1) is 13.0. The minimum Gasteiger partial charge on any atom is -0.490 e. The molecule has 0 radical (unpaired) electrons. The Balaban J connectivity index is 3.04. The van der Waals surface area contributed by atoms with Crippen LogP contribution in [0, 0.1) is 0 Å². The molecule has 0 bridgehead atoms. The molecule has 0 aliphatic rings. The van der Waals surface area contributed by atoms with E-state index in [1.165, 1.54) is 19.1 Å². The van der Waals surface area contributed by atoms with Gasteiger partial charge in [0.05, 0.1) is 5.56 Å². The molecule has 0 atom stereocenters. The predicted molar refractivity (Wildman–Crippen MR) is 63.5 cm³/mol. The maximum Gasteiger partial charge on any atom is 0.335 e. The number of benzene rings is 1. The standard InChI is InChI=1S/C13H14O4/c1-3-4-17-12-7-10(5-9(2)14)6-11(8-12)13(15)16/h3,6-8H,1,4-5H2,2H3,(H,15,16). The van der Waals surface area contributed by atoms with Gasteiger partial charge in [0.25, 0.3) is 0 Å². The molecule has 17 heavy (non-hydrogen) atoms. The summed E-state index contributed by atoms with van der Waals surface area (Å²) in [6.45, 7) is 5.26. The van der Waals surface area contributed by atoms with Crippen LogP contribution in [0.25, 0.3) is 0 Å². The highest BCUT2D eigenvalue weighted by Crippen LogP contribution is 2.18. The Morgan fingerprint density at radius 3 is 2.65 bits per heavy atom. The van der Waals surface area contributed by atoms with Crippen LogP contribution in [0.4, 0.5) is 0 Å². The summed E-state index contributed by atoms with van der Waals surface area (Å²) in [6, 6.07) is 4.57. The van der Waals surface area contributed by atoms with Crippen molar-refractivity contribution in [1.82, 2.24) is 0 Å². The quantitative estimate of drug-likeness (QED) is 0.765. The minimum atomic E-state index is -1.04. The van der Waals surface area contributed by atoms with Gasteiger partial charge < -0.3 is 9.84 Å². The van der Waals surface area contributed by atoms with Crippen molar-refractivity contribution in [3.8, 4) is 5.75 Å². The number of Topliss-reactive ketones (excluding diaryl/α,β-unsaturated/α-hetero) is 1. The van der Waals surface area contributed by atoms with Gasteiger partial charge >= 0.3 is 5.97 Å².